The van der Waals surface area contributed by atoms with Crippen molar-refractivity contribution >= 4 is 107 Å². The molecule has 4 heterocycles. The van der Waals surface area contributed by atoms with Gasteiger partial charge >= 0.3 is 0 Å². The van der Waals surface area contributed by atoms with Gasteiger partial charge in [0, 0.05) is 66.8 Å². The summed E-state index contributed by atoms with van der Waals surface area (Å²) in [5.41, 5.74) is 33.0. The number of nitriles is 1. The van der Waals surface area contributed by atoms with Crippen molar-refractivity contribution in [3.8, 4) is 73.1 Å². The smallest absolute Gasteiger partial charge is 0.252 e. The van der Waals surface area contributed by atoms with E-state index in [9.17, 15) is 5.26 Å². The summed E-state index contributed by atoms with van der Waals surface area (Å²) in [6.45, 7) is 35.7. The van der Waals surface area contributed by atoms with Gasteiger partial charge in [0.15, 0.2) is 5.69 Å². The summed E-state index contributed by atoms with van der Waals surface area (Å²) in [5.74, 6) is 0. The number of benzene rings is 14. The fourth-order valence-corrected chi connectivity index (χ4v) is 17.0. The zero-order valence-corrected chi connectivity index (χ0v) is 64.1. The van der Waals surface area contributed by atoms with Crippen molar-refractivity contribution in [2.75, 3.05) is 9.80 Å². The Labute approximate surface area is 641 Å². The maximum atomic E-state index is 10.1. The van der Waals surface area contributed by atoms with Crippen LogP contribution in [0.3, 0.4) is 0 Å². The number of hydrogen-bond donors (Lipinski definition) is 0. The van der Waals surface area contributed by atoms with Gasteiger partial charge in [0.25, 0.3) is 6.71 Å². The maximum absolute atomic E-state index is 10.1. The molecule has 14 aromatic carbocycles. The van der Waals surface area contributed by atoms with Crippen molar-refractivity contribution in [3.05, 3.63) is 336 Å². The Morgan fingerprint density at radius 1 is 0.303 bits per heavy atom. The third-order valence-corrected chi connectivity index (χ3v) is 22.9. The summed E-state index contributed by atoms with van der Waals surface area (Å²) in [7, 11) is 0. The maximum Gasteiger partial charge on any atom is 0.252 e. The molecule has 0 N–H and O–H groups in total. The Morgan fingerprint density at radius 2 is 0.651 bits per heavy atom. The van der Waals surface area contributed by atoms with Gasteiger partial charge in [0.2, 0.25) is 0 Å². The second-order valence-corrected chi connectivity index (χ2v) is 34.0. The van der Waals surface area contributed by atoms with Gasteiger partial charge in [-0.3, -0.25) is 0 Å². The fourth-order valence-electron chi connectivity index (χ4n) is 17.0. The highest BCUT2D eigenvalue weighted by Crippen LogP contribution is 2.53. The van der Waals surface area contributed by atoms with Crippen molar-refractivity contribution in [3.63, 3.8) is 0 Å². The Hall–Kier alpha value is -12.7. The van der Waals surface area contributed by atoms with Crippen molar-refractivity contribution in [1.82, 2.24) is 9.13 Å². The summed E-state index contributed by atoms with van der Waals surface area (Å²) in [4.78, 5) is 9.12. The van der Waals surface area contributed by atoms with Crippen molar-refractivity contribution in [1.29, 1.82) is 5.26 Å². The van der Waals surface area contributed by atoms with Crippen LogP contribution in [0.4, 0.5) is 39.8 Å². The van der Waals surface area contributed by atoms with Crippen LogP contribution >= 0.6 is 0 Å². The highest BCUT2D eigenvalue weighted by molar-refractivity contribution is 7.00. The van der Waals surface area contributed by atoms with E-state index in [2.05, 4.69) is 386 Å². The van der Waals surface area contributed by atoms with Crippen molar-refractivity contribution in [2.24, 2.45) is 0 Å². The van der Waals surface area contributed by atoms with Crippen molar-refractivity contribution < 1.29 is 0 Å². The van der Waals surface area contributed by atoms with Gasteiger partial charge < -0.3 is 18.9 Å². The molecule has 2 aliphatic rings. The third-order valence-electron chi connectivity index (χ3n) is 22.9. The minimum Gasteiger partial charge on any atom is -0.311 e. The van der Waals surface area contributed by atoms with E-state index in [1.54, 1.807) is 0 Å². The SMILES string of the molecule is [C-]#[N+]c1ccc(-c2ccc(N3c4cc(-n5c6ccccc6c6ccccc65)ccc4B4c5ccc(-n6c7ccccc7c7ccccc76)cc5N(c5ccc(-c6ccc(C#N)cc6)cc5-c5cc(C(C)(C)C)cc(C(C)(C)C)c5)c5cc(-c6ccccc6)cc3c54)c(-c3cc(C(C)(C)C)cc(C(C)(C)C)c3)c2)cc1. The average Bonchev–Trinajstić information content (AvgIpc) is 0.921. The molecule has 0 unspecified atom stereocenters. The molecule has 2 aliphatic heterocycles. The van der Waals surface area contributed by atoms with Gasteiger partial charge in [0.1, 0.15) is 0 Å². The van der Waals surface area contributed by atoms with Gasteiger partial charge in [-0.05, 0) is 202 Å². The summed E-state index contributed by atoms with van der Waals surface area (Å²) >= 11 is 0. The summed E-state index contributed by atoms with van der Waals surface area (Å²) in [5, 5.41) is 15.0. The molecular formula is C102H85BN6. The number of hydrogen-bond acceptors (Lipinski definition) is 3. The zero-order chi connectivity index (χ0) is 75.2. The average molecular weight is 1410 g/mol. The van der Waals surface area contributed by atoms with Gasteiger partial charge in [-0.25, -0.2) is 4.85 Å². The van der Waals surface area contributed by atoms with E-state index in [4.69, 9.17) is 6.57 Å². The first kappa shape index (κ1) is 68.2. The summed E-state index contributed by atoms with van der Waals surface area (Å²) < 4.78 is 4.95. The fraction of sp³-hybridized carbons (Fsp3) is 0.157. The predicted octanol–water partition coefficient (Wildman–Crippen LogP) is 25.9. The van der Waals surface area contributed by atoms with Crippen LogP contribution in [0, 0.1) is 17.9 Å². The lowest BCUT2D eigenvalue weighted by Gasteiger charge is -2.45. The number of nitrogens with zero attached hydrogens (tertiary/aromatic N) is 6. The number of fused-ring (bicyclic) bond motifs is 10. The molecule has 6 nitrogen and oxygen atoms in total. The standard InChI is InChI=1S/C102H85BN6/c1-99(2,3)73-51-71(52-74(59-73)100(4,5)6)84-55-68(66-37-35-64(63-104)36-38-66)41-49-92(84)108-94-61-78(106-88-31-21-17-27-80(88)81-28-18-22-32-89(81)106)45-47-86(94)103-87-48-46-79(107-90-33-23-19-29-82(90)83-30-20-24-34-91(83)107)62-95(87)109(97-58-70(57-96(108)98(97)103)65-25-15-14-16-26-65)93-50-42-69(67-39-43-77(105-13)44-40-67)56-85(93)72-53-75(101(7,8)9)60-76(54-72)102(10,11)12/h14-62H,1-12H3. The second kappa shape index (κ2) is 25.5. The van der Waals surface area contributed by atoms with E-state index in [1.165, 1.54) is 60.2 Å². The molecule has 0 radical (unpaired) electrons. The number of para-hydroxylation sites is 4. The minimum atomic E-state index is -0.287. The Morgan fingerprint density at radius 3 is 1.02 bits per heavy atom. The molecule has 2 aromatic heterocycles. The molecule has 0 spiro atoms. The lowest BCUT2D eigenvalue weighted by atomic mass is 9.33. The van der Waals surface area contributed by atoms with Gasteiger partial charge in [-0.15, -0.1) is 0 Å². The summed E-state index contributed by atoms with van der Waals surface area (Å²) in [6, 6.07) is 113. The molecule has 0 bridgehead atoms. The van der Waals surface area contributed by atoms with E-state index in [1.807, 2.05) is 24.3 Å². The normalized spacial score (nSPS) is 12.9. The highest BCUT2D eigenvalue weighted by atomic mass is 15.2. The monoisotopic (exact) mass is 1400 g/mol. The number of aromatic nitrogens is 2. The second-order valence-electron chi connectivity index (χ2n) is 34.0. The van der Waals surface area contributed by atoms with Crippen LogP contribution in [-0.2, 0) is 21.7 Å². The van der Waals surface area contributed by atoms with Crippen LogP contribution in [0.2, 0.25) is 0 Å². The van der Waals surface area contributed by atoms with Crippen LogP contribution in [0.15, 0.2) is 297 Å². The quantitative estimate of drug-likeness (QED) is 0.107. The van der Waals surface area contributed by atoms with E-state index in [0.29, 0.717) is 11.3 Å². The van der Waals surface area contributed by atoms with Crippen molar-refractivity contribution in [2.45, 2.75) is 105 Å². The van der Waals surface area contributed by atoms with E-state index in [0.717, 1.165) is 123 Å². The molecular weight excluding hydrogens is 1320 g/mol. The molecule has 0 amide bonds. The van der Waals surface area contributed by atoms with E-state index in [-0.39, 0.29) is 28.4 Å². The van der Waals surface area contributed by atoms with E-state index >= 15 is 0 Å². The molecule has 7 heteroatoms. The molecule has 526 valence electrons. The Balaban J connectivity index is 1.01. The summed E-state index contributed by atoms with van der Waals surface area (Å²) in [6.07, 6.45) is 0. The molecule has 0 aliphatic carbocycles. The molecule has 16 aromatic rings. The zero-order valence-electron chi connectivity index (χ0n) is 64.1. The molecule has 0 atom stereocenters. The Bertz CT molecular complexity index is 5940. The largest absolute Gasteiger partial charge is 0.311 e. The number of anilines is 6. The molecule has 0 fully saturated rings. The van der Waals surface area contributed by atoms with Gasteiger partial charge in [0.05, 0.1) is 51.6 Å². The number of rotatable bonds is 9. The van der Waals surface area contributed by atoms with Gasteiger partial charge in [-0.1, -0.05) is 283 Å². The highest BCUT2D eigenvalue weighted by Gasteiger charge is 2.45. The third kappa shape index (κ3) is 11.6. The predicted molar refractivity (Wildman–Crippen MR) is 462 cm³/mol. The molecule has 0 saturated heterocycles. The first-order valence-corrected chi connectivity index (χ1v) is 38.2. The Kier molecular flexibility index (Phi) is 16.0. The van der Waals surface area contributed by atoms with E-state index < -0.39 is 0 Å². The topological polar surface area (TPSA) is 44.5 Å². The lowest BCUT2D eigenvalue weighted by molar-refractivity contribution is 0.568. The van der Waals surface area contributed by atoms with Gasteiger partial charge in [-0.2, -0.15) is 5.26 Å². The van der Waals surface area contributed by atoms with Crippen LogP contribution in [0.1, 0.15) is 111 Å². The van der Waals surface area contributed by atoms with Crippen LogP contribution in [0.25, 0.3) is 115 Å². The minimum absolute atomic E-state index is 0.186. The van der Waals surface area contributed by atoms with Crippen LogP contribution in [0.5, 0.6) is 0 Å². The molecule has 109 heavy (non-hydrogen) atoms. The first-order chi connectivity index (χ1) is 52.5. The lowest BCUT2D eigenvalue weighted by Crippen LogP contribution is -2.61. The molecule has 18 rings (SSSR count). The molecule has 0 saturated carbocycles. The first-order valence-electron chi connectivity index (χ1n) is 38.2. The van der Waals surface area contributed by atoms with Crippen LogP contribution < -0.4 is 26.2 Å². The van der Waals surface area contributed by atoms with Crippen LogP contribution in [-0.4, -0.2) is 15.8 Å².